The minimum absolute atomic E-state index is 0.251. The van der Waals surface area contributed by atoms with Gasteiger partial charge in [0, 0.05) is 19.2 Å². The summed E-state index contributed by atoms with van der Waals surface area (Å²) in [6, 6.07) is 5.06. The molecule has 6 nitrogen and oxygen atoms in total. The normalized spacial score (nSPS) is 11.7. The highest BCUT2D eigenvalue weighted by Gasteiger charge is 2.21. The van der Waals surface area contributed by atoms with Gasteiger partial charge in [0.1, 0.15) is 5.52 Å². The number of hydrogen-bond acceptors (Lipinski definition) is 4. The summed E-state index contributed by atoms with van der Waals surface area (Å²) in [6.45, 7) is 7.78. The molecular weight excluding hydrogens is 270 g/mol. The molecule has 2 N–H and O–H groups in total. The second-order valence-corrected chi connectivity index (χ2v) is 5.67. The lowest BCUT2D eigenvalue weighted by molar-refractivity contribution is 0.0501. The van der Waals surface area contributed by atoms with Gasteiger partial charge in [-0.25, -0.2) is 9.78 Å². The van der Waals surface area contributed by atoms with Gasteiger partial charge in [0.2, 0.25) is 0 Å². The Labute approximate surface area is 123 Å². The molecule has 0 aliphatic heterocycles. The Morgan fingerprint density at radius 1 is 1.48 bits per heavy atom. The molecule has 21 heavy (non-hydrogen) atoms. The van der Waals surface area contributed by atoms with E-state index in [9.17, 15) is 9.90 Å². The lowest BCUT2D eigenvalue weighted by Gasteiger charge is -2.28. The molecule has 2 rings (SSSR count). The molecule has 0 radical (unpaired) electrons. The van der Waals surface area contributed by atoms with E-state index in [1.54, 1.807) is 43.9 Å². The largest absolute Gasteiger partial charge is 0.441 e. The Kier molecular flexibility index (Phi) is 4.18. The zero-order valence-corrected chi connectivity index (χ0v) is 12.8. The number of nitrogens with one attached hydrogen (secondary N) is 1. The van der Waals surface area contributed by atoms with Crippen molar-refractivity contribution in [2.45, 2.75) is 33.3 Å². The van der Waals surface area contributed by atoms with Crippen LogP contribution in [0.5, 0.6) is 0 Å². The van der Waals surface area contributed by atoms with Crippen molar-refractivity contribution in [3.63, 3.8) is 0 Å². The first-order valence-corrected chi connectivity index (χ1v) is 6.94. The third kappa shape index (κ3) is 3.95. The van der Waals surface area contributed by atoms with Crippen molar-refractivity contribution < 1.29 is 14.3 Å². The third-order valence-corrected chi connectivity index (χ3v) is 2.99. The third-order valence-electron chi connectivity index (χ3n) is 2.99. The lowest BCUT2D eigenvalue weighted by Crippen LogP contribution is -2.44. The fourth-order valence-corrected chi connectivity index (χ4v) is 2.12. The van der Waals surface area contributed by atoms with Crippen LogP contribution < -0.4 is 5.32 Å². The number of aryl methyl sites for hydroxylation is 1. The van der Waals surface area contributed by atoms with Crippen LogP contribution in [-0.2, 0) is 0 Å². The van der Waals surface area contributed by atoms with Gasteiger partial charge in [-0.15, -0.1) is 0 Å². The Hall–Kier alpha value is -2.08. The second kappa shape index (κ2) is 5.73. The van der Waals surface area contributed by atoms with Crippen molar-refractivity contribution in [1.29, 1.82) is 0 Å². The predicted molar refractivity (Wildman–Crippen MR) is 81.3 cm³/mol. The monoisotopic (exact) mass is 291 g/mol. The number of anilines is 1. The van der Waals surface area contributed by atoms with Gasteiger partial charge in [-0.1, -0.05) is 0 Å². The first-order valence-electron chi connectivity index (χ1n) is 6.94. The highest BCUT2D eigenvalue weighted by molar-refractivity contribution is 5.91. The number of hydrogen-bond donors (Lipinski definition) is 2. The van der Waals surface area contributed by atoms with E-state index in [2.05, 4.69) is 10.3 Å². The maximum absolute atomic E-state index is 12.2. The number of carbonyl (C=O) groups is 1. The fourth-order valence-electron chi connectivity index (χ4n) is 2.12. The summed E-state index contributed by atoms with van der Waals surface area (Å²) in [5, 5.41) is 12.6. The minimum Gasteiger partial charge on any atom is -0.441 e. The van der Waals surface area contributed by atoms with Gasteiger partial charge in [-0.3, -0.25) is 0 Å². The van der Waals surface area contributed by atoms with E-state index >= 15 is 0 Å². The summed E-state index contributed by atoms with van der Waals surface area (Å²) in [5.41, 5.74) is 1.11. The summed E-state index contributed by atoms with van der Waals surface area (Å²) in [5.74, 6) is 0.589. The molecule has 0 unspecified atom stereocenters. The number of aliphatic hydroxyl groups is 1. The van der Waals surface area contributed by atoms with Gasteiger partial charge in [-0.05, 0) is 39.0 Å². The molecule has 2 aromatic rings. The lowest BCUT2D eigenvalue weighted by atomic mass is 10.1. The topological polar surface area (TPSA) is 78.6 Å². The highest BCUT2D eigenvalue weighted by atomic mass is 16.3. The van der Waals surface area contributed by atoms with E-state index in [-0.39, 0.29) is 12.6 Å². The smallest absolute Gasteiger partial charge is 0.321 e. The van der Waals surface area contributed by atoms with E-state index in [1.165, 1.54) is 0 Å². The number of benzene rings is 1. The Morgan fingerprint density at radius 3 is 2.81 bits per heavy atom. The number of fused-ring (bicyclic) bond motifs is 1. The van der Waals surface area contributed by atoms with Crippen LogP contribution in [0.2, 0.25) is 0 Å². The number of oxazole rings is 1. The Morgan fingerprint density at radius 2 is 2.19 bits per heavy atom. The molecule has 0 saturated heterocycles. The van der Waals surface area contributed by atoms with E-state index in [0.29, 0.717) is 29.2 Å². The average molecular weight is 291 g/mol. The van der Waals surface area contributed by atoms with Gasteiger partial charge in [0.25, 0.3) is 0 Å². The Bertz CT molecular complexity index is 643. The molecule has 1 aromatic carbocycles. The van der Waals surface area contributed by atoms with Crippen molar-refractivity contribution in [2.24, 2.45) is 0 Å². The van der Waals surface area contributed by atoms with Crippen LogP contribution in [0.4, 0.5) is 10.5 Å². The Balaban J connectivity index is 2.12. The molecular formula is C15H21N3O3. The average Bonchev–Trinajstić information content (AvgIpc) is 2.74. The SMILES string of the molecule is CCN(CC(C)(C)O)C(=O)Nc1ccc2oc(C)nc2c1. The van der Waals surface area contributed by atoms with Gasteiger partial charge in [-0.2, -0.15) is 0 Å². The quantitative estimate of drug-likeness (QED) is 0.908. The number of urea groups is 1. The standard InChI is InChI=1S/C15H21N3O3/c1-5-18(9-15(3,4)20)14(19)17-11-6-7-13-12(8-11)16-10(2)21-13/h6-8,20H,5,9H2,1-4H3,(H,17,19). The molecule has 2 amide bonds. The molecule has 114 valence electrons. The number of amides is 2. The maximum atomic E-state index is 12.2. The molecule has 0 bridgehead atoms. The molecule has 6 heteroatoms. The maximum Gasteiger partial charge on any atom is 0.321 e. The van der Waals surface area contributed by atoms with E-state index in [1.807, 2.05) is 6.92 Å². The molecule has 1 heterocycles. The van der Waals surface area contributed by atoms with Crippen LogP contribution in [0.15, 0.2) is 22.6 Å². The zero-order valence-electron chi connectivity index (χ0n) is 12.8. The number of carbonyl (C=O) groups excluding carboxylic acids is 1. The van der Waals surface area contributed by atoms with Crippen molar-refractivity contribution in [2.75, 3.05) is 18.4 Å². The van der Waals surface area contributed by atoms with Gasteiger partial charge < -0.3 is 19.7 Å². The number of aromatic nitrogens is 1. The van der Waals surface area contributed by atoms with Crippen molar-refractivity contribution in [1.82, 2.24) is 9.88 Å². The molecule has 0 spiro atoms. The van der Waals surface area contributed by atoms with Crippen LogP contribution in [-0.4, -0.2) is 39.7 Å². The van der Waals surface area contributed by atoms with Gasteiger partial charge in [0.05, 0.1) is 12.1 Å². The fraction of sp³-hybridized carbons (Fsp3) is 0.467. The molecule has 0 aliphatic carbocycles. The van der Waals surface area contributed by atoms with Gasteiger partial charge in [0.15, 0.2) is 11.5 Å². The van der Waals surface area contributed by atoms with Crippen LogP contribution in [0.3, 0.4) is 0 Å². The summed E-state index contributed by atoms with van der Waals surface area (Å²) in [6.07, 6.45) is 0. The highest BCUT2D eigenvalue weighted by Crippen LogP contribution is 2.20. The number of likely N-dealkylation sites (N-methyl/N-ethyl adjacent to an activating group) is 1. The van der Waals surface area contributed by atoms with Crippen molar-refractivity contribution >= 4 is 22.8 Å². The summed E-state index contributed by atoms with van der Waals surface area (Å²) < 4.78 is 5.40. The molecule has 0 fully saturated rings. The number of rotatable bonds is 4. The van der Waals surface area contributed by atoms with Gasteiger partial charge >= 0.3 is 6.03 Å². The molecule has 0 saturated carbocycles. The van der Waals surface area contributed by atoms with E-state index in [0.717, 1.165) is 0 Å². The number of nitrogens with zero attached hydrogens (tertiary/aromatic N) is 2. The minimum atomic E-state index is -0.930. The van der Waals surface area contributed by atoms with Crippen molar-refractivity contribution in [3.05, 3.63) is 24.1 Å². The van der Waals surface area contributed by atoms with E-state index in [4.69, 9.17) is 4.42 Å². The summed E-state index contributed by atoms with van der Waals surface area (Å²) in [4.78, 5) is 18.0. The van der Waals surface area contributed by atoms with Crippen LogP contribution in [0, 0.1) is 6.92 Å². The second-order valence-electron chi connectivity index (χ2n) is 5.67. The first kappa shape index (κ1) is 15.3. The molecule has 0 atom stereocenters. The molecule has 1 aromatic heterocycles. The van der Waals surface area contributed by atoms with Crippen LogP contribution in [0.25, 0.3) is 11.1 Å². The van der Waals surface area contributed by atoms with Crippen LogP contribution >= 0.6 is 0 Å². The summed E-state index contributed by atoms with van der Waals surface area (Å²) in [7, 11) is 0. The summed E-state index contributed by atoms with van der Waals surface area (Å²) >= 11 is 0. The zero-order chi connectivity index (χ0) is 15.6. The first-order chi connectivity index (χ1) is 9.78. The van der Waals surface area contributed by atoms with Crippen molar-refractivity contribution in [3.8, 4) is 0 Å². The molecule has 0 aliphatic rings. The van der Waals surface area contributed by atoms with E-state index < -0.39 is 5.60 Å². The van der Waals surface area contributed by atoms with Crippen LogP contribution in [0.1, 0.15) is 26.7 Å². The predicted octanol–water partition coefficient (Wildman–Crippen LogP) is 2.76.